The van der Waals surface area contributed by atoms with Crippen molar-refractivity contribution in [2.24, 2.45) is 5.73 Å². The fourth-order valence-electron chi connectivity index (χ4n) is 8.67. The average molecular weight is 613 g/mol. The van der Waals surface area contributed by atoms with Crippen LogP contribution < -0.4 is 11.1 Å². The predicted octanol–water partition coefficient (Wildman–Crippen LogP) is 11.1. The smallest absolute Gasteiger partial charge is 0.0731 e. The van der Waals surface area contributed by atoms with E-state index in [0.29, 0.717) is 0 Å². The lowest BCUT2D eigenvalue weighted by molar-refractivity contribution is 0.802. The molecular weight excluding hydrogens is 581 g/mol. The van der Waals surface area contributed by atoms with Gasteiger partial charge in [-0.2, -0.15) is 0 Å². The van der Waals surface area contributed by atoms with E-state index < -0.39 is 5.41 Å². The van der Waals surface area contributed by atoms with E-state index in [4.69, 9.17) is 5.73 Å². The number of rotatable bonds is 3. The minimum absolute atomic E-state index is 0.442. The molecule has 1 spiro atoms. The molecule has 0 bridgehead atoms. The number of hydrogen-bond donors (Lipinski definition) is 2. The summed E-state index contributed by atoms with van der Waals surface area (Å²) in [5, 5.41) is 8.68. The molecule has 3 N–H and O–H groups in total. The first-order valence-electron chi connectivity index (χ1n) is 16.7. The molecule has 3 aliphatic rings. The van der Waals surface area contributed by atoms with Gasteiger partial charge in [-0.15, -0.1) is 0 Å². The molecule has 2 heteroatoms. The highest BCUT2D eigenvalue weighted by molar-refractivity contribution is 6.14. The normalized spacial score (nSPS) is 15.0. The number of fused-ring (bicyclic) bond motifs is 14. The summed E-state index contributed by atoms with van der Waals surface area (Å²) in [7, 11) is 0. The Morgan fingerprint density at radius 2 is 1.21 bits per heavy atom. The zero-order chi connectivity index (χ0) is 31.8. The molecule has 0 aliphatic heterocycles. The van der Waals surface area contributed by atoms with Crippen molar-refractivity contribution in [3.63, 3.8) is 0 Å². The van der Waals surface area contributed by atoms with Crippen LogP contribution >= 0.6 is 0 Å². The first-order valence-corrected chi connectivity index (χ1v) is 16.7. The molecule has 0 amide bonds. The van der Waals surface area contributed by atoms with Crippen LogP contribution in [0.5, 0.6) is 0 Å². The van der Waals surface area contributed by atoms with E-state index in [2.05, 4.69) is 151 Å². The molecule has 0 radical (unpaired) electrons. The lowest BCUT2D eigenvalue weighted by Gasteiger charge is -2.32. The second-order valence-corrected chi connectivity index (χ2v) is 13.1. The van der Waals surface area contributed by atoms with E-state index in [0.717, 1.165) is 23.5 Å². The highest BCUT2D eigenvalue weighted by Crippen LogP contribution is 2.65. The molecule has 226 valence electrons. The van der Waals surface area contributed by atoms with Gasteiger partial charge in [0.2, 0.25) is 0 Å². The van der Waals surface area contributed by atoms with E-state index in [-0.39, 0.29) is 0 Å². The second-order valence-electron chi connectivity index (χ2n) is 13.1. The lowest BCUT2D eigenvalue weighted by Crippen LogP contribution is -2.26. The number of nitrogens with two attached hydrogens (primary N) is 1. The molecule has 0 aromatic heterocycles. The van der Waals surface area contributed by atoms with Crippen LogP contribution in [0.2, 0.25) is 0 Å². The molecule has 2 nitrogen and oxygen atoms in total. The van der Waals surface area contributed by atoms with Gasteiger partial charge in [0.25, 0.3) is 0 Å². The van der Waals surface area contributed by atoms with Gasteiger partial charge in [0.15, 0.2) is 0 Å². The van der Waals surface area contributed by atoms with E-state index in [1.165, 1.54) is 77.2 Å². The molecule has 7 aromatic rings. The van der Waals surface area contributed by atoms with Crippen LogP contribution in [0.1, 0.15) is 28.7 Å². The SMILES string of the molecule is NC1=C(Nc2ccc(-c3cc4c(c5ccccc35)-c3ccc5ccccc5c3C43c4ccccc4-c4ccccc43)cc2)C=CC=CC1. The number of nitrogens with one attached hydrogen (secondary N) is 1. The van der Waals surface area contributed by atoms with Gasteiger partial charge in [-0.3, -0.25) is 0 Å². The summed E-state index contributed by atoms with van der Waals surface area (Å²) in [4.78, 5) is 0. The van der Waals surface area contributed by atoms with Crippen LogP contribution in [0.25, 0.3) is 54.9 Å². The fraction of sp³-hybridized carbons (Fsp3) is 0.0435. The highest BCUT2D eigenvalue weighted by Gasteiger charge is 2.53. The lowest BCUT2D eigenvalue weighted by atomic mass is 9.69. The minimum Gasteiger partial charge on any atom is -0.400 e. The Bertz CT molecular complexity index is 2520. The topological polar surface area (TPSA) is 38.0 Å². The zero-order valence-corrected chi connectivity index (χ0v) is 26.4. The minimum atomic E-state index is -0.442. The maximum absolute atomic E-state index is 6.37. The first kappa shape index (κ1) is 27.0. The molecule has 0 saturated heterocycles. The molecule has 0 unspecified atom stereocenters. The maximum atomic E-state index is 6.37. The van der Waals surface area contributed by atoms with Gasteiger partial charge in [-0.05, 0) is 101 Å². The summed E-state index contributed by atoms with van der Waals surface area (Å²) in [6.07, 6.45) is 8.93. The van der Waals surface area contributed by atoms with Crippen molar-refractivity contribution in [3.05, 3.63) is 197 Å². The van der Waals surface area contributed by atoms with Gasteiger partial charge in [0.05, 0.1) is 11.1 Å². The van der Waals surface area contributed by atoms with E-state index in [1.54, 1.807) is 0 Å². The standard InChI is InChI=1S/C46H32N2/c47-42-20-2-1-3-21-43(42)48-31-25-22-30(23-26-31)38-28-41-44(36-17-7-6-14-33(36)38)37-27-24-29-12-4-5-13-32(29)45(37)46(41)39-18-10-8-15-34(39)35-16-9-11-19-40(35)46/h1-19,21-28,48H,20,47H2. The molecule has 48 heavy (non-hydrogen) atoms. The molecular formula is C46H32N2. The number of allylic oxidation sites excluding steroid dienone is 4. The van der Waals surface area contributed by atoms with Crippen molar-refractivity contribution in [1.82, 2.24) is 0 Å². The Labute approximate surface area is 280 Å². The average Bonchev–Trinajstić information content (AvgIpc) is 3.52. The molecule has 0 heterocycles. The van der Waals surface area contributed by atoms with Crippen LogP contribution in [0.4, 0.5) is 5.69 Å². The van der Waals surface area contributed by atoms with Gasteiger partial charge >= 0.3 is 0 Å². The Morgan fingerprint density at radius 3 is 1.98 bits per heavy atom. The third-order valence-electron chi connectivity index (χ3n) is 10.6. The van der Waals surface area contributed by atoms with Crippen molar-refractivity contribution in [2.75, 3.05) is 5.32 Å². The van der Waals surface area contributed by atoms with Crippen LogP contribution in [-0.4, -0.2) is 0 Å². The maximum Gasteiger partial charge on any atom is 0.0731 e. The summed E-state index contributed by atoms with van der Waals surface area (Å²) >= 11 is 0. The van der Waals surface area contributed by atoms with E-state index in [9.17, 15) is 0 Å². The third-order valence-corrected chi connectivity index (χ3v) is 10.6. The molecule has 7 aromatic carbocycles. The predicted molar refractivity (Wildman–Crippen MR) is 201 cm³/mol. The van der Waals surface area contributed by atoms with Gasteiger partial charge < -0.3 is 11.1 Å². The number of hydrogen-bond acceptors (Lipinski definition) is 2. The largest absolute Gasteiger partial charge is 0.400 e. The van der Waals surface area contributed by atoms with Crippen LogP contribution in [-0.2, 0) is 5.41 Å². The molecule has 3 aliphatic carbocycles. The number of benzene rings is 7. The van der Waals surface area contributed by atoms with Gasteiger partial charge in [-0.1, -0.05) is 140 Å². The summed E-state index contributed by atoms with van der Waals surface area (Å²) in [5.41, 5.74) is 21.9. The summed E-state index contributed by atoms with van der Waals surface area (Å²) in [6.45, 7) is 0. The van der Waals surface area contributed by atoms with Crippen molar-refractivity contribution >= 4 is 27.2 Å². The van der Waals surface area contributed by atoms with Crippen molar-refractivity contribution in [1.29, 1.82) is 0 Å². The van der Waals surface area contributed by atoms with Gasteiger partial charge in [-0.25, -0.2) is 0 Å². The summed E-state index contributed by atoms with van der Waals surface area (Å²) < 4.78 is 0. The molecule has 10 rings (SSSR count). The summed E-state index contributed by atoms with van der Waals surface area (Å²) in [6, 6.07) is 52.0. The molecule has 0 atom stereocenters. The van der Waals surface area contributed by atoms with E-state index in [1.807, 2.05) is 18.2 Å². The Morgan fingerprint density at radius 1 is 0.542 bits per heavy atom. The fourth-order valence-corrected chi connectivity index (χ4v) is 8.67. The van der Waals surface area contributed by atoms with Crippen molar-refractivity contribution in [2.45, 2.75) is 11.8 Å². The molecule has 0 fully saturated rings. The Balaban J connectivity index is 1.26. The molecule has 0 saturated carbocycles. The van der Waals surface area contributed by atoms with Crippen LogP contribution in [0, 0.1) is 0 Å². The Hall–Kier alpha value is -6.12. The van der Waals surface area contributed by atoms with Crippen LogP contribution in [0.3, 0.4) is 0 Å². The highest BCUT2D eigenvalue weighted by atomic mass is 14.9. The van der Waals surface area contributed by atoms with E-state index >= 15 is 0 Å². The van der Waals surface area contributed by atoms with Crippen molar-refractivity contribution in [3.8, 4) is 33.4 Å². The van der Waals surface area contributed by atoms with Crippen molar-refractivity contribution < 1.29 is 0 Å². The first-order chi connectivity index (χ1) is 23.7. The second kappa shape index (κ2) is 10.2. The summed E-state index contributed by atoms with van der Waals surface area (Å²) in [5.74, 6) is 0. The van der Waals surface area contributed by atoms with Gasteiger partial charge in [0.1, 0.15) is 0 Å². The van der Waals surface area contributed by atoms with Gasteiger partial charge in [0, 0.05) is 17.8 Å². The third kappa shape index (κ3) is 3.63. The monoisotopic (exact) mass is 612 g/mol. The Kier molecular flexibility index (Phi) is 5.74. The zero-order valence-electron chi connectivity index (χ0n) is 26.4. The quantitative estimate of drug-likeness (QED) is 0.208. The van der Waals surface area contributed by atoms with Crippen LogP contribution in [0.15, 0.2) is 175 Å². The number of anilines is 1.